The Labute approximate surface area is 141 Å². The quantitative estimate of drug-likeness (QED) is 0.686. The number of thioether (sulfide) groups is 1. The number of allylic oxidation sites excluding steroid dienone is 7. The summed E-state index contributed by atoms with van der Waals surface area (Å²) >= 11 is 1.96. The van der Waals surface area contributed by atoms with Gasteiger partial charge in [-0.15, -0.1) is 11.8 Å². The van der Waals surface area contributed by atoms with Gasteiger partial charge in [-0.05, 0) is 59.0 Å². The van der Waals surface area contributed by atoms with E-state index in [1.165, 1.54) is 27.2 Å². The Hall–Kier alpha value is -2.19. The van der Waals surface area contributed by atoms with E-state index in [0.717, 1.165) is 5.57 Å². The Kier molecular flexibility index (Phi) is 3.62. The standard InChI is InChI=1S/C21H19NS/c1-14-7-9-22-10-8-16-12-19-17-5-3-4-6-20(17)23-21(19)13-18(16)15(2)11-14/h3-13,17,20,22H,2H2,1H3/b9-7-,10-8-,14-11-. The van der Waals surface area contributed by atoms with E-state index in [9.17, 15) is 0 Å². The van der Waals surface area contributed by atoms with Gasteiger partial charge in [0.2, 0.25) is 0 Å². The van der Waals surface area contributed by atoms with Crippen LogP contribution in [0.2, 0.25) is 0 Å². The van der Waals surface area contributed by atoms with Crippen LogP contribution in [0.1, 0.15) is 29.5 Å². The molecular weight excluding hydrogens is 298 g/mol. The normalized spacial score (nSPS) is 29.6. The van der Waals surface area contributed by atoms with Crippen molar-refractivity contribution in [3.63, 3.8) is 0 Å². The summed E-state index contributed by atoms with van der Waals surface area (Å²) in [5, 5.41) is 3.73. The van der Waals surface area contributed by atoms with Crippen molar-refractivity contribution in [2.45, 2.75) is 23.0 Å². The molecule has 0 fully saturated rings. The van der Waals surface area contributed by atoms with Crippen LogP contribution in [0.4, 0.5) is 0 Å². The highest BCUT2D eigenvalue weighted by molar-refractivity contribution is 8.00. The van der Waals surface area contributed by atoms with Gasteiger partial charge in [0, 0.05) is 28.5 Å². The van der Waals surface area contributed by atoms with E-state index in [4.69, 9.17) is 0 Å². The van der Waals surface area contributed by atoms with E-state index in [0.29, 0.717) is 11.2 Å². The van der Waals surface area contributed by atoms with Crippen LogP contribution in [-0.2, 0) is 0 Å². The van der Waals surface area contributed by atoms with Crippen molar-refractivity contribution in [2.24, 2.45) is 0 Å². The molecule has 114 valence electrons. The molecule has 1 aliphatic carbocycles. The monoisotopic (exact) mass is 317 g/mol. The lowest BCUT2D eigenvalue weighted by molar-refractivity contribution is 0.880. The minimum atomic E-state index is 0.493. The molecular formula is C21H19NS. The molecule has 4 rings (SSSR count). The minimum Gasteiger partial charge on any atom is -0.368 e. The van der Waals surface area contributed by atoms with E-state index in [-0.39, 0.29) is 0 Å². The predicted octanol–water partition coefficient (Wildman–Crippen LogP) is 5.42. The zero-order valence-corrected chi connectivity index (χ0v) is 13.9. The smallest absolute Gasteiger partial charge is 0.0381 e. The van der Waals surface area contributed by atoms with Gasteiger partial charge in [-0.25, -0.2) is 0 Å². The first-order chi connectivity index (χ1) is 11.2. The molecule has 1 aromatic rings. The van der Waals surface area contributed by atoms with Crippen molar-refractivity contribution < 1.29 is 0 Å². The lowest BCUT2D eigenvalue weighted by Gasteiger charge is -2.16. The molecule has 0 aromatic heterocycles. The molecule has 0 saturated heterocycles. The summed E-state index contributed by atoms with van der Waals surface area (Å²) in [5.41, 5.74) is 6.14. The maximum Gasteiger partial charge on any atom is 0.0381 e. The van der Waals surface area contributed by atoms with Gasteiger partial charge in [-0.1, -0.05) is 37.0 Å². The van der Waals surface area contributed by atoms with Crippen LogP contribution in [-0.4, -0.2) is 5.25 Å². The largest absolute Gasteiger partial charge is 0.368 e. The molecule has 23 heavy (non-hydrogen) atoms. The second-order valence-corrected chi connectivity index (χ2v) is 7.32. The van der Waals surface area contributed by atoms with Gasteiger partial charge < -0.3 is 5.32 Å². The van der Waals surface area contributed by atoms with Gasteiger partial charge >= 0.3 is 0 Å². The zero-order valence-electron chi connectivity index (χ0n) is 13.1. The number of hydrogen-bond acceptors (Lipinski definition) is 2. The molecule has 1 nitrogen and oxygen atoms in total. The first-order valence-corrected chi connectivity index (χ1v) is 8.77. The molecule has 2 unspecified atom stereocenters. The summed E-state index contributed by atoms with van der Waals surface area (Å²) < 4.78 is 0. The predicted molar refractivity (Wildman–Crippen MR) is 101 cm³/mol. The Morgan fingerprint density at radius 1 is 1.09 bits per heavy atom. The third-order valence-corrected chi connectivity index (χ3v) is 5.77. The average Bonchev–Trinajstić information content (AvgIpc) is 2.91. The van der Waals surface area contributed by atoms with E-state index in [1.807, 2.05) is 24.2 Å². The summed E-state index contributed by atoms with van der Waals surface area (Å²) in [6.07, 6.45) is 19.2. The van der Waals surface area contributed by atoms with Gasteiger partial charge in [0.25, 0.3) is 0 Å². The molecule has 1 N–H and O–H groups in total. The van der Waals surface area contributed by atoms with Crippen molar-refractivity contribution in [1.82, 2.24) is 5.32 Å². The first kappa shape index (κ1) is 14.4. The Morgan fingerprint density at radius 3 is 2.83 bits per heavy atom. The fourth-order valence-corrected chi connectivity index (χ4v) is 4.66. The van der Waals surface area contributed by atoms with E-state index in [2.05, 4.69) is 73.5 Å². The highest BCUT2D eigenvalue weighted by Crippen LogP contribution is 2.49. The highest BCUT2D eigenvalue weighted by atomic mass is 32.2. The Morgan fingerprint density at radius 2 is 1.91 bits per heavy atom. The van der Waals surface area contributed by atoms with Crippen LogP contribution < -0.4 is 5.32 Å². The van der Waals surface area contributed by atoms with Gasteiger partial charge in [0.05, 0.1) is 0 Å². The van der Waals surface area contributed by atoms with Gasteiger partial charge in [0.15, 0.2) is 0 Å². The molecule has 2 heterocycles. The van der Waals surface area contributed by atoms with Crippen LogP contribution in [0.3, 0.4) is 0 Å². The number of rotatable bonds is 0. The maximum atomic E-state index is 4.29. The topological polar surface area (TPSA) is 12.0 Å². The SMILES string of the molecule is C=C1/C=C(C)\C=C/N/C=C\c2cc3c(cc21)SC1C=CC=CC31. The van der Waals surface area contributed by atoms with Crippen molar-refractivity contribution in [3.05, 3.63) is 89.8 Å². The van der Waals surface area contributed by atoms with Crippen LogP contribution in [0, 0.1) is 0 Å². The molecule has 3 aliphatic rings. The van der Waals surface area contributed by atoms with Gasteiger partial charge in [0.1, 0.15) is 0 Å². The average molecular weight is 317 g/mol. The second kappa shape index (κ2) is 5.78. The third kappa shape index (κ3) is 2.64. The lowest BCUT2D eigenvalue weighted by Crippen LogP contribution is -2.06. The molecule has 2 atom stereocenters. The molecule has 1 aromatic carbocycles. The zero-order chi connectivity index (χ0) is 15.8. The van der Waals surface area contributed by atoms with Crippen LogP contribution in [0.15, 0.2) is 78.0 Å². The summed E-state index contributed by atoms with van der Waals surface area (Å²) in [6, 6.07) is 4.65. The molecule has 2 heteroatoms. The fourth-order valence-electron chi connectivity index (χ4n) is 3.29. The lowest BCUT2D eigenvalue weighted by atomic mass is 9.88. The van der Waals surface area contributed by atoms with E-state index in [1.54, 1.807) is 0 Å². The molecule has 0 radical (unpaired) electrons. The summed E-state index contributed by atoms with van der Waals surface area (Å²) in [6.45, 7) is 6.39. The van der Waals surface area contributed by atoms with Crippen molar-refractivity contribution >= 4 is 23.4 Å². The van der Waals surface area contributed by atoms with Crippen LogP contribution in [0.25, 0.3) is 11.6 Å². The molecule has 0 spiro atoms. The number of nitrogens with one attached hydrogen (secondary N) is 1. The van der Waals surface area contributed by atoms with Crippen LogP contribution in [0.5, 0.6) is 0 Å². The molecule has 0 bridgehead atoms. The van der Waals surface area contributed by atoms with Crippen molar-refractivity contribution in [1.29, 1.82) is 0 Å². The van der Waals surface area contributed by atoms with Crippen LogP contribution >= 0.6 is 11.8 Å². The molecule has 0 saturated carbocycles. The third-order valence-electron chi connectivity index (χ3n) is 4.44. The number of hydrogen-bond donors (Lipinski definition) is 1. The summed E-state index contributed by atoms with van der Waals surface area (Å²) in [7, 11) is 0. The number of fused-ring (bicyclic) bond motifs is 4. The van der Waals surface area contributed by atoms with Crippen molar-refractivity contribution in [2.75, 3.05) is 0 Å². The Bertz CT molecular complexity index is 820. The highest BCUT2D eigenvalue weighted by Gasteiger charge is 2.31. The Balaban J connectivity index is 1.84. The summed E-state index contributed by atoms with van der Waals surface area (Å²) in [5.74, 6) is 0.493. The minimum absolute atomic E-state index is 0.493. The maximum absolute atomic E-state index is 4.29. The van der Waals surface area contributed by atoms with Crippen molar-refractivity contribution in [3.8, 4) is 0 Å². The van der Waals surface area contributed by atoms with E-state index < -0.39 is 0 Å². The fraction of sp³-hybridized carbons (Fsp3) is 0.143. The second-order valence-electron chi connectivity index (χ2n) is 6.10. The van der Waals surface area contributed by atoms with Gasteiger partial charge in [-0.3, -0.25) is 0 Å². The molecule has 2 aliphatic heterocycles. The number of benzene rings is 1. The van der Waals surface area contributed by atoms with E-state index >= 15 is 0 Å². The summed E-state index contributed by atoms with van der Waals surface area (Å²) in [4.78, 5) is 1.39. The first-order valence-electron chi connectivity index (χ1n) is 7.89. The molecule has 0 amide bonds. The van der Waals surface area contributed by atoms with Gasteiger partial charge in [-0.2, -0.15) is 0 Å².